The molecule has 140 valence electrons. The van der Waals surface area contributed by atoms with Crippen LogP contribution in [0.5, 0.6) is 0 Å². The Labute approximate surface area is 152 Å². The largest absolute Gasteiger partial charge is 0.404 e. The molecule has 0 spiro atoms. The summed E-state index contributed by atoms with van der Waals surface area (Å²) >= 11 is 5.92. The van der Waals surface area contributed by atoms with E-state index in [9.17, 15) is 18.0 Å². The van der Waals surface area contributed by atoms with Crippen LogP contribution in [0.15, 0.2) is 18.2 Å². The van der Waals surface area contributed by atoms with Gasteiger partial charge >= 0.3 is 6.18 Å². The number of hydrogen-bond donors (Lipinski definition) is 0. The van der Waals surface area contributed by atoms with E-state index in [1.54, 1.807) is 13.0 Å². The monoisotopic (exact) mass is 375 g/mol. The van der Waals surface area contributed by atoms with E-state index in [2.05, 4.69) is 13.8 Å². The molecule has 0 aliphatic carbocycles. The number of likely N-dealkylation sites (tertiary alicyclic amines) is 1. The SMILES string of the molecule is CCC1(CC)CCN(C(=O)C(c2cc(C)cc(Cl)c2)C(F)(F)F)CC1. The molecule has 6 heteroatoms. The molecule has 1 fully saturated rings. The van der Waals surface area contributed by atoms with E-state index in [-0.39, 0.29) is 16.0 Å². The molecule has 25 heavy (non-hydrogen) atoms. The lowest BCUT2D eigenvalue weighted by Gasteiger charge is -2.42. The molecule has 1 aromatic carbocycles. The summed E-state index contributed by atoms with van der Waals surface area (Å²) in [6, 6.07) is 4.23. The summed E-state index contributed by atoms with van der Waals surface area (Å²) in [5.41, 5.74) is 0.682. The van der Waals surface area contributed by atoms with Crippen LogP contribution in [-0.4, -0.2) is 30.1 Å². The van der Waals surface area contributed by atoms with Crippen LogP contribution >= 0.6 is 11.6 Å². The molecule has 2 rings (SSSR count). The van der Waals surface area contributed by atoms with Crippen molar-refractivity contribution in [1.82, 2.24) is 4.90 Å². The number of amides is 1. The minimum Gasteiger partial charge on any atom is -0.342 e. The molecule has 2 nitrogen and oxygen atoms in total. The molecular formula is C19H25ClF3NO. The van der Waals surface area contributed by atoms with Crippen LogP contribution in [0, 0.1) is 12.3 Å². The van der Waals surface area contributed by atoms with Gasteiger partial charge < -0.3 is 4.90 Å². The van der Waals surface area contributed by atoms with Gasteiger partial charge in [0.15, 0.2) is 5.92 Å². The van der Waals surface area contributed by atoms with Crippen molar-refractivity contribution in [3.63, 3.8) is 0 Å². The van der Waals surface area contributed by atoms with Crippen LogP contribution in [0.4, 0.5) is 13.2 Å². The topological polar surface area (TPSA) is 20.3 Å². The number of aryl methyl sites for hydroxylation is 1. The standard InChI is InChI=1S/C19H25ClF3NO/c1-4-18(5-2)6-8-24(9-7-18)17(25)16(19(21,22)23)14-10-13(3)11-15(20)12-14/h10-12,16H,4-9H2,1-3H3. The van der Waals surface area contributed by atoms with Gasteiger partial charge in [0, 0.05) is 18.1 Å². The average molecular weight is 376 g/mol. The van der Waals surface area contributed by atoms with Crippen LogP contribution in [0.2, 0.25) is 5.02 Å². The van der Waals surface area contributed by atoms with Crippen molar-refractivity contribution < 1.29 is 18.0 Å². The molecule has 0 aromatic heterocycles. The first-order valence-electron chi connectivity index (χ1n) is 8.74. The second-order valence-electron chi connectivity index (χ2n) is 7.07. The highest BCUT2D eigenvalue weighted by Gasteiger charge is 2.48. The number of alkyl halides is 3. The zero-order chi connectivity index (χ0) is 18.8. The van der Waals surface area contributed by atoms with Crippen molar-refractivity contribution >= 4 is 17.5 Å². The Morgan fingerprint density at radius 1 is 1.20 bits per heavy atom. The van der Waals surface area contributed by atoms with Crippen LogP contribution in [-0.2, 0) is 4.79 Å². The van der Waals surface area contributed by atoms with Gasteiger partial charge in [-0.1, -0.05) is 44.4 Å². The second kappa shape index (κ2) is 7.56. The molecule has 1 aromatic rings. The first kappa shape index (κ1) is 20.1. The fourth-order valence-electron chi connectivity index (χ4n) is 3.74. The molecule has 1 unspecified atom stereocenters. The van der Waals surface area contributed by atoms with E-state index >= 15 is 0 Å². The van der Waals surface area contributed by atoms with Crippen LogP contribution < -0.4 is 0 Å². The molecule has 0 radical (unpaired) electrons. The van der Waals surface area contributed by atoms with Gasteiger partial charge in [-0.05, 0) is 48.4 Å². The van der Waals surface area contributed by atoms with Gasteiger partial charge in [-0.3, -0.25) is 4.79 Å². The maximum absolute atomic E-state index is 13.7. The third-order valence-electron chi connectivity index (χ3n) is 5.61. The van der Waals surface area contributed by atoms with E-state index in [1.807, 2.05) is 0 Å². The summed E-state index contributed by atoms with van der Waals surface area (Å²) < 4.78 is 41.0. The van der Waals surface area contributed by atoms with Gasteiger partial charge in [-0.2, -0.15) is 13.2 Å². The fraction of sp³-hybridized carbons (Fsp3) is 0.632. The van der Waals surface area contributed by atoms with Crippen molar-refractivity contribution in [2.24, 2.45) is 5.41 Å². The molecule has 0 bridgehead atoms. The number of hydrogen-bond acceptors (Lipinski definition) is 1. The maximum Gasteiger partial charge on any atom is 0.404 e. The van der Waals surface area contributed by atoms with E-state index < -0.39 is 18.0 Å². The predicted molar refractivity (Wildman–Crippen MR) is 93.8 cm³/mol. The van der Waals surface area contributed by atoms with Gasteiger partial charge in [-0.25, -0.2) is 0 Å². The lowest BCUT2D eigenvalue weighted by atomic mass is 9.74. The Morgan fingerprint density at radius 2 is 1.76 bits per heavy atom. The Hall–Kier alpha value is -1.23. The highest BCUT2D eigenvalue weighted by Crippen LogP contribution is 2.41. The van der Waals surface area contributed by atoms with E-state index in [4.69, 9.17) is 11.6 Å². The predicted octanol–water partition coefficient (Wildman–Crippen LogP) is 5.72. The molecule has 1 atom stereocenters. The lowest BCUT2D eigenvalue weighted by Crippen LogP contribution is -2.47. The highest BCUT2D eigenvalue weighted by atomic mass is 35.5. The van der Waals surface area contributed by atoms with E-state index in [0.717, 1.165) is 25.7 Å². The fourth-order valence-corrected chi connectivity index (χ4v) is 4.04. The molecular weight excluding hydrogens is 351 g/mol. The lowest BCUT2D eigenvalue weighted by molar-refractivity contribution is -0.173. The van der Waals surface area contributed by atoms with Gasteiger partial charge in [-0.15, -0.1) is 0 Å². The number of benzene rings is 1. The first-order valence-corrected chi connectivity index (χ1v) is 9.12. The van der Waals surface area contributed by atoms with Crippen molar-refractivity contribution in [3.8, 4) is 0 Å². The Kier molecular flexibility index (Phi) is 6.08. The molecule has 1 heterocycles. The minimum atomic E-state index is -4.64. The van der Waals surface area contributed by atoms with E-state index in [1.165, 1.54) is 17.0 Å². The number of rotatable bonds is 4. The number of piperidine rings is 1. The zero-order valence-corrected chi connectivity index (χ0v) is 15.7. The third kappa shape index (κ3) is 4.49. The summed E-state index contributed by atoms with van der Waals surface area (Å²) in [5, 5.41) is 0.215. The van der Waals surface area contributed by atoms with Crippen LogP contribution in [0.25, 0.3) is 0 Å². The van der Waals surface area contributed by atoms with Crippen molar-refractivity contribution in [2.45, 2.75) is 58.5 Å². The summed E-state index contributed by atoms with van der Waals surface area (Å²) in [6.07, 6.45) is -1.16. The van der Waals surface area contributed by atoms with Crippen LogP contribution in [0.3, 0.4) is 0 Å². The van der Waals surface area contributed by atoms with Crippen LogP contribution in [0.1, 0.15) is 56.6 Å². The zero-order valence-electron chi connectivity index (χ0n) is 14.9. The van der Waals surface area contributed by atoms with Crippen molar-refractivity contribution in [2.75, 3.05) is 13.1 Å². The molecule has 1 aliphatic heterocycles. The average Bonchev–Trinajstić information content (AvgIpc) is 2.52. The first-order chi connectivity index (χ1) is 11.6. The molecule has 1 saturated heterocycles. The summed E-state index contributed by atoms with van der Waals surface area (Å²) in [5.74, 6) is -3.02. The normalized spacial score (nSPS) is 18.9. The molecule has 0 N–H and O–H groups in total. The Bertz CT molecular complexity index is 595. The van der Waals surface area contributed by atoms with Crippen molar-refractivity contribution in [1.29, 1.82) is 0 Å². The summed E-state index contributed by atoms with van der Waals surface area (Å²) in [4.78, 5) is 14.1. The number of halogens is 4. The molecule has 1 amide bonds. The Balaban J connectivity index is 2.26. The van der Waals surface area contributed by atoms with Gasteiger partial charge in [0.2, 0.25) is 5.91 Å². The highest BCUT2D eigenvalue weighted by molar-refractivity contribution is 6.30. The quantitative estimate of drug-likeness (QED) is 0.658. The second-order valence-corrected chi connectivity index (χ2v) is 7.51. The maximum atomic E-state index is 13.7. The molecule has 1 aliphatic rings. The Morgan fingerprint density at radius 3 is 2.20 bits per heavy atom. The smallest absolute Gasteiger partial charge is 0.342 e. The van der Waals surface area contributed by atoms with Gasteiger partial charge in [0.25, 0.3) is 0 Å². The van der Waals surface area contributed by atoms with Crippen molar-refractivity contribution in [3.05, 3.63) is 34.3 Å². The third-order valence-corrected chi connectivity index (χ3v) is 5.83. The number of carbonyl (C=O) groups is 1. The number of carbonyl (C=O) groups excluding carboxylic acids is 1. The van der Waals surface area contributed by atoms with Gasteiger partial charge in [0.1, 0.15) is 0 Å². The summed E-state index contributed by atoms with van der Waals surface area (Å²) in [7, 11) is 0. The van der Waals surface area contributed by atoms with E-state index in [0.29, 0.717) is 18.7 Å². The number of nitrogens with zero attached hydrogens (tertiary/aromatic N) is 1. The van der Waals surface area contributed by atoms with Gasteiger partial charge in [0.05, 0.1) is 0 Å². The molecule has 0 saturated carbocycles. The minimum absolute atomic E-state index is 0.0784. The summed E-state index contributed by atoms with van der Waals surface area (Å²) in [6.45, 7) is 6.65.